The molecule has 0 radical (unpaired) electrons. The molecule has 5 nitrogen and oxygen atoms in total. The van der Waals surface area contributed by atoms with Gasteiger partial charge in [0, 0.05) is 36.5 Å². The van der Waals surface area contributed by atoms with Crippen LogP contribution in [-0.2, 0) is 11.3 Å². The van der Waals surface area contributed by atoms with Crippen LogP contribution in [0.3, 0.4) is 0 Å². The first-order chi connectivity index (χ1) is 8.19. The lowest BCUT2D eigenvalue weighted by Crippen LogP contribution is -2.04. The summed E-state index contributed by atoms with van der Waals surface area (Å²) in [5.74, 6) is 0. The van der Waals surface area contributed by atoms with Crippen molar-refractivity contribution in [1.82, 2.24) is 0 Å². The van der Waals surface area contributed by atoms with Crippen LogP contribution in [0.1, 0.15) is 25.8 Å². The topological polar surface area (TPSA) is 64.4 Å². The van der Waals surface area contributed by atoms with Gasteiger partial charge in [-0.05, 0) is 19.4 Å². The summed E-state index contributed by atoms with van der Waals surface area (Å²) in [6.07, 6.45) is 0.936. The van der Waals surface area contributed by atoms with Crippen LogP contribution in [0.5, 0.6) is 0 Å². The van der Waals surface area contributed by atoms with E-state index in [1.165, 1.54) is 6.07 Å². The fourth-order valence-corrected chi connectivity index (χ4v) is 1.50. The Morgan fingerprint density at radius 2 is 2.18 bits per heavy atom. The minimum absolute atomic E-state index is 0.0988. The minimum atomic E-state index is -0.390. The van der Waals surface area contributed by atoms with E-state index >= 15 is 0 Å². The average molecular weight is 238 g/mol. The van der Waals surface area contributed by atoms with Crippen LogP contribution in [0.4, 0.5) is 11.4 Å². The van der Waals surface area contributed by atoms with Gasteiger partial charge in [0.15, 0.2) is 0 Å². The molecule has 1 aromatic rings. The van der Waals surface area contributed by atoms with Crippen molar-refractivity contribution >= 4 is 11.4 Å². The van der Waals surface area contributed by atoms with Crippen molar-refractivity contribution in [3.63, 3.8) is 0 Å². The molecule has 5 heteroatoms. The number of rotatable bonds is 7. The fraction of sp³-hybridized carbons (Fsp3) is 0.500. The Balaban J connectivity index is 2.86. The first kappa shape index (κ1) is 13.4. The normalized spacial score (nSPS) is 10.2. The van der Waals surface area contributed by atoms with Crippen LogP contribution < -0.4 is 5.32 Å². The Bertz CT molecular complexity index is 380. The van der Waals surface area contributed by atoms with Crippen LogP contribution in [0.15, 0.2) is 18.2 Å². The third-order valence-electron chi connectivity index (χ3n) is 2.27. The van der Waals surface area contributed by atoms with Crippen molar-refractivity contribution in [2.24, 2.45) is 0 Å². The van der Waals surface area contributed by atoms with Crippen molar-refractivity contribution in [2.75, 3.05) is 18.5 Å². The third-order valence-corrected chi connectivity index (χ3v) is 2.27. The van der Waals surface area contributed by atoms with E-state index in [4.69, 9.17) is 4.74 Å². The van der Waals surface area contributed by atoms with Gasteiger partial charge in [0.2, 0.25) is 0 Å². The number of nitrogens with one attached hydrogen (secondary N) is 1. The lowest BCUT2D eigenvalue weighted by molar-refractivity contribution is -0.384. The number of nitro benzene ring substituents is 1. The molecule has 0 amide bonds. The van der Waals surface area contributed by atoms with Crippen molar-refractivity contribution in [1.29, 1.82) is 0 Å². The van der Waals surface area contributed by atoms with Crippen LogP contribution in [0.25, 0.3) is 0 Å². The van der Waals surface area contributed by atoms with Gasteiger partial charge in [-0.2, -0.15) is 0 Å². The number of benzene rings is 1. The van der Waals surface area contributed by atoms with Gasteiger partial charge in [-0.3, -0.25) is 10.1 Å². The van der Waals surface area contributed by atoms with Gasteiger partial charge in [-0.1, -0.05) is 6.92 Å². The Morgan fingerprint density at radius 3 is 2.76 bits per heavy atom. The number of nitrogens with zero attached hydrogens (tertiary/aromatic N) is 1. The molecular weight excluding hydrogens is 220 g/mol. The number of ether oxygens (including phenoxy) is 1. The van der Waals surface area contributed by atoms with Gasteiger partial charge < -0.3 is 10.1 Å². The highest BCUT2D eigenvalue weighted by molar-refractivity contribution is 5.55. The predicted molar refractivity (Wildman–Crippen MR) is 67.2 cm³/mol. The second-order valence-electron chi connectivity index (χ2n) is 3.68. The van der Waals surface area contributed by atoms with E-state index in [0.717, 1.165) is 24.2 Å². The van der Waals surface area contributed by atoms with Gasteiger partial charge in [0.25, 0.3) is 5.69 Å². The largest absolute Gasteiger partial charge is 0.385 e. The summed E-state index contributed by atoms with van der Waals surface area (Å²) in [7, 11) is 0. The molecule has 0 fully saturated rings. The molecule has 1 N–H and O–H groups in total. The highest BCUT2D eigenvalue weighted by Gasteiger charge is 2.10. The van der Waals surface area contributed by atoms with Crippen molar-refractivity contribution in [3.05, 3.63) is 33.9 Å². The van der Waals surface area contributed by atoms with E-state index < -0.39 is 0 Å². The standard InChI is InChI=1S/C12H18N2O3/c1-3-7-17-9-10-8-11(14(15)16)5-6-12(10)13-4-2/h5-6,8,13H,3-4,7,9H2,1-2H3. The van der Waals surface area contributed by atoms with E-state index in [1.807, 2.05) is 13.8 Å². The lowest BCUT2D eigenvalue weighted by atomic mass is 10.1. The molecule has 0 aromatic heterocycles. The average Bonchev–Trinajstić information content (AvgIpc) is 2.31. The highest BCUT2D eigenvalue weighted by atomic mass is 16.6. The monoisotopic (exact) mass is 238 g/mol. The third kappa shape index (κ3) is 4.03. The summed E-state index contributed by atoms with van der Waals surface area (Å²) in [6.45, 7) is 5.85. The summed E-state index contributed by atoms with van der Waals surface area (Å²) in [6, 6.07) is 4.79. The smallest absolute Gasteiger partial charge is 0.269 e. The molecule has 0 saturated carbocycles. The predicted octanol–water partition coefficient (Wildman–Crippen LogP) is 2.95. The Kier molecular flexibility index (Phi) is 5.42. The fourth-order valence-electron chi connectivity index (χ4n) is 1.50. The van der Waals surface area contributed by atoms with Crippen LogP contribution in [0.2, 0.25) is 0 Å². The number of non-ortho nitro benzene ring substituents is 1. The molecule has 1 rings (SSSR count). The van der Waals surface area contributed by atoms with Crippen LogP contribution in [0, 0.1) is 10.1 Å². The molecule has 0 aliphatic rings. The maximum Gasteiger partial charge on any atom is 0.269 e. The Morgan fingerprint density at radius 1 is 1.41 bits per heavy atom. The van der Waals surface area contributed by atoms with Gasteiger partial charge in [-0.15, -0.1) is 0 Å². The molecule has 0 saturated heterocycles. The van der Waals surface area contributed by atoms with Gasteiger partial charge in [0.1, 0.15) is 0 Å². The number of hydrogen-bond acceptors (Lipinski definition) is 4. The summed E-state index contributed by atoms with van der Waals surface area (Å²) in [5, 5.41) is 13.9. The highest BCUT2D eigenvalue weighted by Crippen LogP contribution is 2.22. The second kappa shape index (κ2) is 6.85. The maximum absolute atomic E-state index is 10.7. The summed E-state index contributed by atoms with van der Waals surface area (Å²) >= 11 is 0. The molecule has 0 aliphatic carbocycles. The van der Waals surface area contributed by atoms with Crippen LogP contribution >= 0.6 is 0 Å². The zero-order valence-corrected chi connectivity index (χ0v) is 10.2. The number of anilines is 1. The zero-order valence-electron chi connectivity index (χ0n) is 10.2. The summed E-state index contributed by atoms with van der Waals surface area (Å²) in [5.41, 5.74) is 1.82. The van der Waals surface area contributed by atoms with E-state index in [-0.39, 0.29) is 10.6 Å². The SMILES string of the molecule is CCCOCc1cc([N+](=O)[O-])ccc1NCC. The molecule has 0 heterocycles. The molecule has 0 unspecified atom stereocenters. The van der Waals surface area contributed by atoms with E-state index in [9.17, 15) is 10.1 Å². The van der Waals surface area contributed by atoms with Gasteiger partial charge in [0.05, 0.1) is 11.5 Å². The number of hydrogen-bond donors (Lipinski definition) is 1. The minimum Gasteiger partial charge on any atom is -0.385 e. The van der Waals surface area contributed by atoms with Crippen molar-refractivity contribution in [2.45, 2.75) is 26.9 Å². The molecule has 0 aliphatic heterocycles. The van der Waals surface area contributed by atoms with E-state index in [2.05, 4.69) is 5.32 Å². The van der Waals surface area contributed by atoms with Gasteiger partial charge in [-0.25, -0.2) is 0 Å². The van der Waals surface area contributed by atoms with E-state index in [1.54, 1.807) is 12.1 Å². The lowest BCUT2D eigenvalue weighted by Gasteiger charge is -2.10. The molecule has 1 aromatic carbocycles. The van der Waals surface area contributed by atoms with Crippen LogP contribution in [-0.4, -0.2) is 18.1 Å². The van der Waals surface area contributed by atoms with E-state index in [0.29, 0.717) is 13.2 Å². The molecule has 0 spiro atoms. The molecule has 0 atom stereocenters. The molecular formula is C12H18N2O3. The molecule has 0 bridgehead atoms. The zero-order chi connectivity index (χ0) is 12.7. The quantitative estimate of drug-likeness (QED) is 0.450. The molecule has 17 heavy (non-hydrogen) atoms. The number of nitro groups is 1. The second-order valence-corrected chi connectivity index (χ2v) is 3.68. The van der Waals surface area contributed by atoms with Crippen molar-refractivity contribution < 1.29 is 9.66 Å². The Hall–Kier alpha value is -1.62. The Labute approximate surface area is 101 Å². The van der Waals surface area contributed by atoms with Gasteiger partial charge >= 0.3 is 0 Å². The first-order valence-electron chi connectivity index (χ1n) is 5.78. The van der Waals surface area contributed by atoms with Crippen molar-refractivity contribution in [3.8, 4) is 0 Å². The summed E-state index contributed by atoms with van der Waals surface area (Å²) < 4.78 is 5.43. The summed E-state index contributed by atoms with van der Waals surface area (Å²) in [4.78, 5) is 10.3. The first-order valence-corrected chi connectivity index (χ1v) is 5.78. The molecule has 94 valence electrons. The maximum atomic E-state index is 10.7.